The molecule has 8 nitrogen and oxygen atoms in total. The summed E-state index contributed by atoms with van der Waals surface area (Å²) in [6.07, 6.45) is 5.78. The predicted octanol–water partition coefficient (Wildman–Crippen LogP) is 2.34. The van der Waals surface area contributed by atoms with Gasteiger partial charge in [-0.05, 0) is 56.3 Å². The maximum Gasteiger partial charge on any atom is 0.374 e. The lowest BCUT2D eigenvalue weighted by molar-refractivity contribution is -2.00. The maximum absolute atomic E-state index is 8.49. The Morgan fingerprint density at radius 1 is 1.00 bits per heavy atom. The molecular weight excluding hydrogens is 507 g/mol. The van der Waals surface area contributed by atoms with Gasteiger partial charge >= 0.3 is 5.89 Å². The van der Waals surface area contributed by atoms with Crippen LogP contribution in [0.4, 0.5) is 5.69 Å². The van der Waals surface area contributed by atoms with Gasteiger partial charge < -0.3 is 14.1 Å². The lowest BCUT2D eigenvalue weighted by Gasteiger charge is -2.17. The fourth-order valence-electron chi connectivity index (χ4n) is 3.26. The fraction of sp³-hybridized carbons (Fsp3) is 0.261. The summed E-state index contributed by atoms with van der Waals surface area (Å²) in [6.45, 7) is 5.71. The van der Waals surface area contributed by atoms with Crippen LogP contribution >= 0.6 is 23.2 Å². The summed E-state index contributed by atoms with van der Waals surface area (Å²) < 4.78 is 48.0. The largest absolute Gasteiger partial charge is 0.439 e. The minimum Gasteiger partial charge on any atom is -0.439 e. The average Bonchev–Trinajstić information content (AvgIpc) is 3.23. The number of hydrogen-bond acceptors (Lipinski definition) is 7. The Labute approximate surface area is 211 Å². The predicted molar refractivity (Wildman–Crippen MR) is 123 cm³/mol. The van der Waals surface area contributed by atoms with Crippen molar-refractivity contribution in [2.45, 2.75) is 35.2 Å². The number of hydrogen-bond donors (Lipinski definition) is 0. The van der Waals surface area contributed by atoms with Crippen LogP contribution in [0.3, 0.4) is 0 Å². The summed E-state index contributed by atoms with van der Waals surface area (Å²) in [5.41, 5.74) is 2.77. The summed E-state index contributed by atoms with van der Waals surface area (Å²) in [5, 5.41) is 1.38. The molecule has 0 atom stereocenters. The van der Waals surface area contributed by atoms with Gasteiger partial charge in [0.25, 0.3) is 5.52 Å². The molecule has 1 aliphatic heterocycles. The van der Waals surface area contributed by atoms with Crippen LogP contribution in [0.5, 0.6) is 5.75 Å². The van der Waals surface area contributed by atoms with E-state index in [0.717, 1.165) is 47.4 Å². The Morgan fingerprint density at radius 3 is 2.24 bits per heavy atom. The van der Waals surface area contributed by atoms with Crippen LogP contribution in [0.1, 0.15) is 34.6 Å². The summed E-state index contributed by atoms with van der Waals surface area (Å²) in [7, 11) is -4.94. The molecule has 0 amide bonds. The number of nitrogens with zero attached hydrogens (tertiary/aromatic N) is 2. The second-order valence-corrected chi connectivity index (χ2v) is 8.13. The van der Waals surface area contributed by atoms with E-state index in [9.17, 15) is 0 Å². The van der Waals surface area contributed by atoms with E-state index in [1.54, 1.807) is 0 Å². The standard InChI is InChI=1S/C21H19Cl2N2O2.2CH4.ClHO4/c1-3-24-16-12-14(22)8-10-18(16)26-20(24)6-5-7-21-25(4-2)17-13-15(23)9-11-19(17)27-21;;;2-1(3,4)5/h5-13H,3-4H2,1-2H3;2*1H4;(H,2,3,4,5)/q+1;;;/p-1. The molecule has 0 saturated heterocycles. The summed E-state index contributed by atoms with van der Waals surface area (Å²) in [5.74, 6) is 2.32. The van der Waals surface area contributed by atoms with Gasteiger partial charge in [0.05, 0.1) is 11.8 Å². The summed E-state index contributed by atoms with van der Waals surface area (Å²) >= 11 is 12.2. The number of fused-ring (bicyclic) bond motifs is 2. The van der Waals surface area contributed by atoms with Crippen molar-refractivity contribution < 1.29 is 42.6 Å². The lowest BCUT2D eigenvalue weighted by Crippen LogP contribution is -2.68. The highest BCUT2D eigenvalue weighted by Crippen LogP contribution is 2.40. The van der Waals surface area contributed by atoms with Crippen molar-refractivity contribution in [3.8, 4) is 5.75 Å². The summed E-state index contributed by atoms with van der Waals surface area (Å²) in [4.78, 5) is 2.08. The van der Waals surface area contributed by atoms with Crippen molar-refractivity contribution >= 4 is 46.1 Å². The van der Waals surface area contributed by atoms with Crippen LogP contribution in [-0.4, -0.2) is 6.54 Å². The van der Waals surface area contributed by atoms with Crippen molar-refractivity contribution in [1.29, 1.82) is 0 Å². The van der Waals surface area contributed by atoms with Crippen molar-refractivity contribution in [2.24, 2.45) is 0 Å². The van der Waals surface area contributed by atoms with Crippen LogP contribution in [0, 0.1) is 10.2 Å². The first kappa shape index (κ1) is 29.7. The number of aromatic nitrogens is 1. The number of halogens is 3. The molecule has 186 valence electrons. The van der Waals surface area contributed by atoms with Crippen LogP contribution in [-0.2, 0) is 6.54 Å². The third-order valence-electron chi connectivity index (χ3n) is 4.49. The van der Waals surface area contributed by atoms with Crippen molar-refractivity contribution in [3.63, 3.8) is 0 Å². The number of allylic oxidation sites excluding steroid dienone is 2. The first-order valence-corrected chi connectivity index (χ1v) is 11.5. The van der Waals surface area contributed by atoms with E-state index in [2.05, 4.69) is 23.3 Å². The highest BCUT2D eigenvalue weighted by Gasteiger charge is 2.25. The molecule has 4 rings (SSSR count). The van der Waals surface area contributed by atoms with Gasteiger partial charge in [-0.3, -0.25) is 0 Å². The Hall–Kier alpha value is -2.30. The smallest absolute Gasteiger partial charge is 0.374 e. The van der Waals surface area contributed by atoms with Gasteiger partial charge in [0.2, 0.25) is 11.5 Å². The van der Waals surface area contributed by atoms with Gasteiger partial charge in [-0.25, -0.2) is 18.6 Å². The second kappa shape index (κ2) is 12.4. The van der Waals surface area contributed by atoms with Crippen molar-refractivity contribution in [2.75, 3.05) is 11.4 Å². The minimum absolute atomic E-state index is 0. The molecule has 0 spiro atoms. The topological polar surface area (TPSA) is 122 Å². The molecule has 11 heteroatoms. The van der Waals surface area contributed by atoms with Gasteiger partial charge in [-0.15, -0.1) is 10.2 Å². The zero-order valence-electron chi connectivity index (χ0n) is 17.1. The molecule has 3 aromatic rings. The molecule has 2 aromatic carbocycles. The van der Waals surface area contributed by atoms with E-state index >= 15 is 0 Å². The average molecular weight is 534 g/mol. The normalized spacial score (nSPS) is 13.8. The molecule has 0 aliphatic carbocycles. The van der Waals surface area contributed by atoms with Gasteiger partial charge in [-0.1, -0.05) is 38.1 Å². The molecule has 1 aliphatic rings. The SMILES string of the molecule is C.C.CCN1C(=CC=Cc2oc3ccc(Cl)cc3[n+]2CC)Oc2ccc(Cl)cc21.[O-][Cl+3]([O-])([O-])[O-]. The zero-order chi connectivity index (χ0) is 23.5. The third kappa shape index (κ3) is 7.35. The molecule has 0 fully saturated rings. The van der Waals surface area contributed by atoms with Crippen LogP contribution in [0.2, 0.25) is 10.0 Å². The van der Waals surface area contributed by atoms with E-state index in [4.69, 9.17) is 51.0 Å². The Bertz CT molecular complexity index is 1170. The molecule has 0 radical (unpaired) electrons. The van der Waals surface area contributed by atoms with Gasteiger partial charge in [0.1, 0.15) is 6.54 Å². The van der Waals surface area contributed by atoms with Gasteiger partial charge in [0, 0.05) is 22.7 Å². The first-order valence-electron chi connectivity index (χ1n) is 9.47. The number of ether oxygens (including phenoxy) is 1. The van der Waals surface area contributed by atoms with Crippen LogP contribution in [0.25, 0.3) is 17.2 Å². The number of anilines is 1. The second-order valence-electron chi connectivity index (χ2n) is 6.50. The number of rotatable bonds is 4. The Balaban J connectivity index is 0.000000752. The quantitative estimate of drug-likeness (QED) is 0.472. The number of benzene rings is 2. The molecule has 2 heterocycles. The number of oxazole rings is 1. The van der Waals surface area contributed by atoms with Crippen LogP contribution in [0.15, 0.2) is 58.9 Å². The molecule has 1 aromatic heterocycles. The van der Waals surface area contributed by atoms with E-state index in [0.29, 0.717) is 10.0 Å². The summed E-state index contributed by atoms with van der Waals surface area (Å²) in [6, 6.07) is 11.3. The van der Waals surface area contributed by atoms with E-state index < -0.39 is 10.2 Å². The van der Waals surface area contributed by atoms with Crippen LogP contribution < -0.4 is 32.8 Å². The maximum atomic E-state index is 8.49. The fourth-order valence-corrected chi connectivity index (χ4v) is 3.59. The first-order chi connectivity index (χ1) is 15.1. The van der Waals surface area contributed by atoms with E-state index in [1.165, 1.54) is 0 Å². The highest BCUT2D eigenvalue weighted by molar-refractivity contribution is 6.31. The zero-order valence-corrected chi connectivity index (χ0v) is 19.4. The highest BCUT2D eigenvalue weighted by atomic mass is 35.7. The van der Waals surface area contributed by atoms with E-state index in [-0.39, 0.29) is 14.9 Å². The molecule has 0 unspecified atom stereocenters. The van der Waals surface area contributed by atoms with Crippen molar-refractivity contribution in [1.82, 2.24) is 0 Å². The molecule has 34 heavy (non-hydrogen) atoms. The third-order valence-corrected chi connectivity index (χ3v) is 4.96. The van der Waals surface area contributed by atoms with Crippen molar-refractivity contribution in [3.05, 3.63) is 70.4 Å². The Kier molecular flexibility index (Phi) is 10.9. The van der Waals surface area contributed by atoms with Gasteiger partial charge in [0.15, 0.2) is 5.75 Å². The number of aryl methyl sites for hydroxylation is 1. The minimum atomic E-state index is -4.94. The molecular formula is C23H27Cl3N2O6. The lowest BCUT2D eigenvalue weighted by atomic mass is 10.3. The monoisotopic (exact) mass is 532 g/mol. The Morgan fingerprint density at radius 2 is 1.62 bits per heavy atom. The molecule has 0 bridgehead atoms. The molecule has 0 N–H and O–H groups in total. The molecule has 0 saturated carbocycles. The van der Waals surface area contributed by atoms with Gasteiger partial charge in [-0.2, -0.15) is 4.57 Å². The van der Waals surface area contributed by atoms with E-state index in [1.807, 2.05) is 54.6 Å².